The molecule has 0 aromatic carbocycles. The van der Waals surface area contributed by atoms with Gasteiger partial charge in [0.2, 0.25) is 0 Å². The van der Waals surface area contributed by atoms with Crippen LogP contribution in [0, 0.1) is 11.8 Å². The quantitative estimate of drug-likeness (QED) is 0.745. The van der Waals surface area contributed by atoms with Gasteiger partial charge >= 0.3 is 0 Å². The molecular formula is C14H15N. The molecule has 2 unspecified atom stereocenters. The zero-order valence-corrected chi connectivity index (χ0v) is 8.96. The lowest BCUT2D eigenvalue weighted by Crippen LogP contribution is -2.26. The summed E-state index contributed by atoms with van der Waals surface area (Å²) >= 11 is 0. The Hall–Kier alpha value is -1.50. The van der Waals surface area contributed by atoms with Crippen LogP contribution >= 0.6 is 0 Å². The van der Waals surface area contributed by atoms with E-state index in [1.165, 1.54) is 28.2 Å². The fraction of sp³-hybridized carbons (Fsp3) is 0.286. The van der Waals surface area contributed by atoms with Crippen molar-refractivity contribution in [2.45, 2.75) is 13.3 Å². The van der Waals surface area contributed by atoms with Gasteiger partial charge in [0.1, 0.15) is 0 Å². The van der Waals surface area contributed by atoms with Crippen LogP contribution in [-0.2, 0) is 0 Å². The minimum atomic E-state index is 0.797. The monoisotopic (exact) mass is 197 g/mol. The van der Waals surface area contributed by atoms with Crippen molar-refractivity contribution in [2.24, 2.45) is 11.8 Å². The average molecular weight is 197 g/mol. The molecule has 2 atom stereocenters. The molecule has 0 aliphatic heterocycles. The number of hydrogen-bond donors (Lipinski definition) is 1. The summed E-state index contributed by atoms with van der Waals surface area (Å²) in [5, 5.41) is 2.65. The van der Waals surface area contributed by atoms with Gasteiger partial charge in [-0.25, -0.2) is 0 Å². The van der Waals surface area contributed by atoms with E-state index in [0.717, 1.165) is 11.8 Å². The molecule has 3 rings (SSSR count). The molecule has 15 heavy (non-hydrogen) atoms. The fourth-order valence-electron chi connectivity index (χ4n) is 2.45. The van der Waals surface area contributed by atoms with Crippen molar-refractivity contribution in [3.8, 4) is 0 Å². The number of allylic oxidation sites excluding steroid dienone is 1. The minimum absolute atomic E-state index is 0.797. The van der Waals surface area contributed by atoms with Crippen LogP contribution in [-0.4, -0.2) is 4.98 Å². The average Bonchev–Trinajstić information content (AvgIpc) is 2.89. The third kappa shape index (κ3) is 1.23. The number of rotatable bonds is 2. The molecule has 1 nitrogen and oxygen atoms in total. The van der Waals surface area contributed by atoms with Gasteiger partial charge in [-0.1, -0.05) is 30.9 Å². The van der Waals surface area contributed by atoms with Crippen molar-refractivity contribution in [1.82, 2.24) is 4.98 Å². The Kier molecular flexibility index (Phi) is 1.75. The second kappa shape index (κ2) is 2.99. The van der Waals surface area contributed by atoms with Gasteiger partial charge in [-0.3, -0.25) is 0 Å². The highest BCUT2D eigenvalue weighted by atomic mass is 14.7. The van der Waals surface area contributed by atoms with E-state index in [1.54, 1.807) is 0 Å². The first kappa shape index (κ1) is 8.78. The summed E-state index contributed by atoms with van der Waals surface area (Å²) in [7, 11) is 0. The predicted octanol–water partition coefficient (Wildman–Crippen LogP) is 1.90. The molecular weight excluding hydrogens is 182 g/mol. The van der Waals surface area contributed by atoms with Gasteiger partial charge in [0.05, 0.1) is 0 Å². The molecule has 1 heterocycles. The van der Waals surface area contributed by atoms with Crippen LogP contribution in [0.2, 0.25) is 0 Å². The number of H-pyrrole nitrogens is 1. The maximum atomic E-state index is 3.91. The van der Waals surface area contributed by atoms with Crippen molar-refractivity contribution >= 4 is 24.3 Å². The lowest BCUT2D eigenvalue weighted by molar-refractivity contribution is 1.05. The molecule has 2 aliphatic rings. The normalized spacial score (nSPS) is 26.5. The van der Waals surface area contributed by atoms with Crippen molar-refractivity contribution < 1.29 is 0 Å². The third-order valence-electron chi connectivity index (χ3n) is 3.33. The van der Waals surface area contributed by atoms with Crippen molar-refractivity contribution in [1.29, 1.82) is 0 Å². The summed E-state index contributed by atoms with van der Waals surface area (Å²) in [6.07, 6.45) is 12.2. The van der Waals surface area contributed by atoms with E-state index in [0.29, 0.717) is 0 Å². The van der Waals surface area contributed by atoms with E-state index >= 15 is 0 Å². The highest BCUT2D eigenvalue weighted by Gasteiger charge is 2.35. The first-order valence-electron chi connectivity index (χ1n) is 5.54. The Morgan fingerprint density at radius 3 is 2.93 bits per heavy atom. The molecule has 1 N–H and O–H groups in total. The van der Waals surface area contributed by atoms with Gasteiger partial charge in [-0.15, -0.1) is 0 Å². The number of nitrogens with one attached hydrogen (secondary N) is 1. The lowest BCUT2D eigenvalue weighted by atomic mass is 10.1. The van der Waals surface area contributed by atoms with Crippen molar-refractivity contribution in [3.63, 3.8) is 0 Å². The molecule has 0 radical (unpaired) electrons. The van der Waals surface area contributed by atoms with Gasteiger partial charge in [-0.05, 0) is 31.3 Å². The van der Waals surface area contributed by atoms with Crippen LogP contribution in [0.3, 0.4) is 0 Å². The standard InChI is InChI=1S/C14H15N/c1-3-5-13-11(4-2)12-7-9-6-10(9)8-14(12)15-13/h3-5,7-10,15H,2,6H2,1H3/b5-3-. The van der Waals surface area contributed by atoms with Crippen molar-refractivity contribution in [3.05, 3.63) is 34.5 Å². The van der Waals surface area contributed by atoms with Gasteiger partial charge in [0.25, 0.3) is 0 Å². The maximum Gasteiger partial charge on any atom is 0.0461 e. The van der Waals surface area contributed by atoms with E-state index in [-0.39, 0.29) is 0 Å². The molecule has 0 spiro atoms. The first-order valence-corrected chi connectivity index (χ1v) is 5.54. The number of aromatic amines is 1. The van der Waals surface area contributed by atoms with Crippen LogP contribution in [0.5, 0.6) is 0 Å². The van der Waals surface area contributed by atoms with E-state index in [9.17, 15) is 0 Å². The topological polar surface area (TPSA) is 15.8 Å². The molecule has 0 bridgehead atoms. The third-order valence-corrected chi connectivity index (χ3v) is 3.33. The minimum Gasteiger partial charge on any atom is -0.355 e. The molecule has 0 saturated heterocycles. The Labute approximate surface area is 89.5 Å². The van der Waals surface area contributed by atoms with Crippen molar-refractivity contribution in [2.75, 3.05) is 0 Å². The highest BCUT2D eigenvalue weighted by Crippen LogP contribution is 2.42. The number of hydrogen-bond acceptors (Lipinski definition) is 0. The lowest BCUT2D eigenvalue weighted by Gasteiger charge is -1.93. The summed E-state index contributed by atoms with van der Waals surface area (Å²) in [4.78, 5) is 3.47. The maximum absolute atomic E-state index is 3.91. The van der Waals surface area contributed by atoms with Gasteiger partial charge < -0.3 is 4.98 Å². The second-order valence-corrected chi connectivity index (χ2v) is 4.38. The Morgan fingerprint density at radius 2 is 2.20 bits per heavy atom. The van der Waals surface area contributed by atoms with Gasteiger partial charge in [-0.2, -0.15) is 0 Å². The fourth-order valence-corrected chi connectivity index (χ4v) is 2.45. The smallest absolute Gasteiger partial charge is 0.0461 e. The largest absolute Gasteiger partial charge is 0.355 e. The van der Waals surface area contributed by atoms with Crippen LogP contribution in [0.4, 0.5) is 0 Å². The first-order chi connectivity index (χ1) is 7.33. The Bertz CT molecular complexity index is 557. The van der Waals surface area contributed by atoms with E-state index < -0.39 is 0 Å². The van der Waals surface area contributed by atoms with Crippen LogP contribution in [0.1, 0.15) is 24.6 Å². The summed E-state index contributed by atoms with van der Waals surface area (Å²) in [6, 6.07) is 0. The zero-order chi connectivity index (χ0) is 10.4. The SMILES string of the molecule is C=Cc1c(/C=C\C)[nH]c2c1=CC1CC1C=2. The number of fused-ring (bicyclic) bond motifs is 2. The highest BCUT2D eigenvalue weighted by molar-refractivity contribution is 5.66. The Morgan fingerprint density at radius 1 is 1.40 bits per heavy atom. The molecule has 0 amide bonds. The summed E-state index contributed by atoms with van der Waals surface area (Å²) < 4.78 is 0. The van der Waals surface area contributed by atoms with Crippen LogP contribution < -0.4 is 10.6 Å². The van der Waals surface area contributed by atoms with Crippen LogP contribution in [0.15, 0.2) is 12.7 Å². The molecule has 1 saturated carbocycles. The van der Waals surface area contributed by atoms with Gasteiger partial charge in [0, 0.05) is 21.8 Å². The predicted molar refractivity (Wildman–Crippen MR) is 65.4 cm³/mol. The Balaban J connectivity index is 2.31. The molecule has 1 heteroatoms. The molecule has 76 valence electrons. The van der Waals surface area contributed by atoms with E-state index in [4.69, 9.17) is 0 Å². The van der Waals surface area contributed by atoms with E-state index in [2.05, 4.69) is 35.9 Å². The molecule has 2 aliphatic carbocycles. The summed E-state index contributed by atoms with van der Waals surface area (Å²) in [6.45, 7) is 5.94. The second-order valence-electron chi connectivity index (χ2n) is 4.38. The number of aromatic nitrogens is 1. The molecule has 1 fully saturated rings. The van der Waals surface area contributed by atoms with Gasteiger partial charge in [0.15, 0.2) is 0 Å². The van der Waals surface area contributed by atoms with E-state index in [1.807, 2.05) is 13.0 Å². The van der Waals surface area contributed by atoms with Crippen LogP contribution in [0.25, 0.3) is 24.3 Å². The molecule has 1 aromatic heterocycles. The summed E-state index contributed by atoms with van der Waals surface area (Å²) in [5.74, 6) is 1.60. The zero-order valence-electron chi connectivity index (χ0n) is 8.96. The summed E-state index contributed by atoms with van der Waals surface area (Å²) in [5.41, 5.74) is 2.44. The molecule has 1 aromatic rings.